The van der Waals surface area contributed by atoms with Gasteiger partial charge in [-0.1, -0.05) is 385 Å². The molecule has 20 rings (SSSR count). The van der Waals surface area contributed by atoms with Gasteiger partial charge in [0.25, 0.3) is 0 Å². The molecular formula is C134H155B2NO4. The molecule has 13 aromatic carbocycles. The van der Waals surface area contributed by atoms with Crippen LogP contribution in [0.2, 0.25) is 0 Å². The van der Waals surface area contributed by atoms with Gasteiger partial charge in [-0.15, -0.1) is 0 Å². The van der Waals surface area contributed by atoms with Gasteiger partial charge in [0.15, 0.2) is 0 Å². The van der Waals surface area contributed by atoms with E-state index >= 15 is 0 Å². The first-order valence-corrected chi connectivity index (χ1v) is 55.1. The van der Waals surface area contributed by atoms with Crippen LogP contribution in [0.5, 0.6) is 0 Å². The van der Waals surface area contributed by atoms with E-state index < -0.39 is 36.6 Å². The number of para-hydroxylation sites is 1. The summed E-state index contributed by atoms with van der Waals surface area (Å²) in [6.45, 7) is 45.7. The van der Waals surface area contributed by atoms with E-state index in [1.807, 2.05) is 0 Å². The summed E-state index contributed by atoms with van der Waals surface area (Å²) in [6.07, 6.45) is 36.4. The lowest BCUT2D eigenvalue weighted by atomic mass is 9.69. The number of unbranched alkanes of at least 4 members (excludes halogenated alkanes) is 20. The fourth-order valence-electron chi connectivity index (χ4n) is 26.5. The van der Waals surface area contributed by atoms with Gasteiger partial charge in [0.2, 0.25) is 0 Å². The number of hydrogen-bond donors (Lipinski definition) is 0. The van der Waals surface area contributed by atoms with E-state index in [0.717, 1.165) is 38.4 Å². The van der Waals surface area contributed by atoms with Crippen molar-refractivity contribution in [3.8, 4) is 117 Å². The largest absolute Gasteiger partial charge is 0.496 e. The molecule has 5 nitrogen and oxygen atoms in total. The molecule has 6 aliphatic rings. The van der Waals surface area contributed by atoms with Gasteiger partial charge in [0.05, 0.1) is 33.4 Å². The highest BCUT2D eigenvalue weighted by Crippen LogP contribution is 2.60. The number of benzene rings is 13. The molecule has 1 aromatic heterocycles. The summed E-state index contributed by atoms with van der Waals surface area (Å²) in [6, 6.07) is 94.4. The molecule has 0 spiro atoms. The average molecular weight is 1870 g/mol. The molecule has 0 unspecified atom stereocenters. The summed E-state index contributed by atoms with van der Waals surface area (Å²) in [5.74, 6) is 0. The Morgan fingerprint density at radius 1 is 0.227 bits per heavy atom. The van der Waals surface area contributed by atoms with E-state index in [4.69, 9.17) is 18.6 Å². The molecule has 0 saturated carbocycles. The number of aryl methyl sites for hydroxylation is 4. The number of hydrogen-bond acceptors (Lipinski definition) is 4. The lowest BCUT2D eigenvalue weighted by Crippen LogP contribution is -2.45. The zero-order valence-electron chi connectivity index (χ0n) is 89.1. The van der Waals surface area contributed by atoms with E-state index in [1.54, 1.807) is 22.3 Å². The van der Waals surface area contributed by atoms with Gasteiger partial charge in [0, 0.05) is 49.0 Å². The Hall–Kier alpha value is -10.4. The molecule has 0 bridgehead atoms. The Labute approximate surface area is 846 Å². The molecule has 2 fully saturated rings. The molecule has 2 aliphatic heterocycles. The highest BCUT2D eigenvalue weighted by molar-refractivity contribution is 6.68. The fraction of sp³-hybridized carbons (Fsp3) is 0.418. The Balaban J connectivity index is 0.634. The molecule has 141 heavy (non-hydrogen) atoms. The van der Waals surface area contributed by atoms with E-state index in [9.17, 15) is 0 Å². The molecule has 0 radical (unpaired) electrons. The third kappa shape index (κ3) is 17.5. The van der Waals surface area contributed by atoms with Crippen molar-refractivity contribution in [1.82, 2.24) is 4.57 Å². The number of aromatic nitrogens is 1. The van der Waals surface area contributed by atoms with Crippen molar-refractivity contribution in [3.63, 3.8) is 0 Å². The van der Waals surface area contributed by atoms with Crippen LogP contribution < -0.4 is 10.9 Å². The van der Waals surface area contributed by atoms with Crippen LogP contribution in [0.25, 0.3) is 139 Å². The smallest absolute Gasteiger partial charge is 0.399 e. The van der Waals surface area contributed by atoms with Gasteiger partial charge in [-0.05, 0) is 347 Å². The van der Waals surface area contributed by atoms with Crippen LogP contribution in [0.1, 0.15) is 357 Å². The molecule has 0 N–H and O–H groups in total. The SMILES string of the molecule is CCCCCCCCC1(CCCCCCCC)c2ccccc2-c2ccc(-c3ccc4c(c3)C(C)(C)c3cc(-c5cc(C)c(-c6ccc7c(c6)c6cc(-c8c(C)cc(-c9ccc%10c(c9)C(C)(C)c9cc(-c%11ccc%12c(c%11)C(CCCCCCCC)(CCCCCCCC)c%11ccccc%11-%12)ccc9-%10)cc8C)ccc6n7-c6c(B7OC(C)(C)C(C)(C)O7)cccc6B6OC(C)(C)C(C)(C)O6)c(C)c5)ccc3-4)cc21. The first kappa shape index (κ1) is 98.0. The third-order valence-electron chi connectivity index (χ3n) is 35.8. The second-order valence-electron chi connectivity index (χ2n) is 46.9. The molecule has 2 saturated heterocycles. The lowest BCUT2D eigenvalue weighted by molar-refractivity contribution is 0.00578. The van der Waals surface area contributed by atoms with Crippen molar-refractivity contribution in [2.75, 3.05) is 0 Å². The van der Waals surface area contributed by atoms with Gasteiger partial charge < -0.3 is 23.2 Å². The summed E-state index contributed by atoms with van der Waals surface area (Å²) in [5.41, 5.74) is 45.2. The van der Waals surface area contributed by atoms with Crippen LogP contribution in [0.4, 0.5) is 0 Å². The summed E-state index contributed by atoms with van der Waals surface area (Å²) in [4.78, 5) is 0. The molecule has 0 amide bonds. The summed E-state index contributed by atoms with van der Waals surface area (Å²) in [5, 5.41) is 2.31. The maximum absolute atomic E-state index is 7.13. The average Bonchev–Trinajstić information content (AvgIpc) is 1.57. The van der Waals surface area contributed by atoms with Gasteiger partial charge >= 0.3 is 14.2 Å². The predicted molar refractivity (Wildman–Crippen MR) is 603 cm³/mol. The van der Waals surface area contributed by atoms with Gasteiger partial charge in [0.1, 0.15) is 0 Å². The van der Waals surface area contributed by atoms with E-state index in [-0.39, 0.29) is 21.7 Å². The minimum absolute atomic E-state index is 0.0267. The standard InChI is InChI=1S/C134H155B2NO4/c1-21-25-29-33-37-45-72-133(73-46-38-34-30-26-22-2)112-52-43-41-50-102(112)108-68-58-94(86-118(108)133)92-56-64-104-106-66-60-96(84-116(106)127(9,10)114(104)82-92)100-76-88(5)124(89(6)77-100)98-62-70-122-110(80-98)111-81-99(63-71-123(111)137(122)126-120(135-138-129(13,14)130(15,16)139-135)54-49-55-121(126)136-140-131(17,18)132(19,20)141-136)125-90(7)78-101(79-91(125)8)97-61-67-107-105-65-57-93(83-115(105)128(11,12)117(107)85-97)95-59-69-109-103-51-42-44-53-113(103)134(119(109)87-95,74-47-39-35-31-27-23-3)75-48-40-36-32-28-24-4/h41-44,49-71,76-87H,21-40,45-48,72-75H2,1-20H3. The first-order valence-electron chi connectivity index (χ1n) is 55.1. The summed E-state index contributed by atoms with van der Waals surface area (Å²) >= 11 is 0. The minimum Gasteiger partial charge on any atom is -0.399 e. The highest BCUT2D eigenvalue weighted by atomic mass is 16.7. The lowest BCUT2D eigenvalue weighted by Gasteiger charge is -2.33. The molecule has 14 aromatic rings. The van der Waals surface area contributed by atoms with Gasteiger partial charge in [-0.3, -0.25) is 0 Å². The second-order valence-corrected chi connectivity index (χ2v) is 46.9. The number of nitrogens with zero attached hydrogens (tertiary/aromatic N) is 1. The van der Waals surface area contributed by atoms with Crippen LogP contribution in [0.3, 0.4) is 0 Å². The number of rotatable bonds is 37. The Morgan fingerprint density at radius 2 is 0.475 bits per heavy atom. The van der Waals surface area contributed by atoms with Crippen LogP contribution in [-0.4, -0.2) is 41.2 Å². The van der Waals surface area contributed by atoms with Crippen molar-refractivity contribution >= 4 is 47.0 Å². The van der Waals surface area contributed by atoms with Gasteiger partial charge in [-0.25, -0.2) is 0 Å². The zero-order chi connectivity index (χ0) is 98.5. The topological polar surface area (TPSA) is 41.9 Å². The normalized spacial score (nSPS) is 16.8. The maximum Gasteiger partial charge on any atom is 0.496 e. The molecule has 7 heteroatoms. The first-order chi connectivity index (χ1) is 67.9. The van der Waals surface area contributed by atoms with Crippen LogP contribution in [0.15, 0.2) is 237 Å². The van der Waals surface area contributed by atoms with E-state index in [0.29, 0.717) is 0 Å². The van der Waals surface area contributed by atoms with Crippen molar-refractivity contribution in [2.45, 2.75) is 362 Å². The Morgan fingerprint density at radius 3 is 0.773 bits per heavy atom. The van der Waals surface area contributed by atoms with E-state index in [2.05, 4.69) is 380 Å². The van der Waals surface area contributed by atoms with Crippen LogP contribution in [-0.2, 0) is 40.3 Å². The molecule has 726 valence electrons. The molecule has 3 heterocycles. The number of fused-ring (bicyclic) bond motifs is 15. The summed E-state index contributed by atoms with van der Waals surface area (Å²) in [7, 11) is -1.38. The monoisotopic (exact) mass is 1860 g/mol. The van der Waals surface area contributed by atoms with Crippen LogP contribution in [0, 0.1) is 27.7 Å². The molecule has 0 atom stereocenters. The Kier molecular flexibility index (Phi) is 27.1. The summed E-state index contributed by atoms with van der Waals surface area (Å²) < 4.78 is 31.0. The third-order valence-corrected chi connectivity index (χ3v) is 35.8. The van der Waals surface area contributed by atoms with Crippen molar-refractivity contribution in [1.29, 1.82) is 0 Å². The van der Waals surface area contributed by atoms with E-state index in [1.165, 1.54) is 336 Å². The van der Waals surface area contributed by atoms with Crippen molar-refractivity contribution in [3.05, 3.63) is 303 Å². The highest BCUT2D eigenvalue weighted by Gasteiger charge is 2.56. The Bertz CT molecular complexity index is 6570. The predicted octanol–water partition coefficient (Wildman–Crippen LogP) is 36.8. The van der Waals surface area contributed by atoms with Crippen LogP contribution >= 0.6 is 0 Å². The second kappa shape index (κ2) is 39.0. The van der Waals surface area contributed by atoms with Crippen molar-refractivity contribution in [2.24, 2.45) is 0 Å². The quantitative estimate of drug-likeness (QED) is 0.0287. The minimum atomic E-state index is -0.688. The zero-order valence-corrected chi connectivity index (χ0v) is 89.1. The van der Waals surface area contributed by atoms with Gasteiger partial charge in [-0.2, -0.15) is 0 Å². The van der Waals surface area contributed by atoms with Crippen molar-refractivity contribution < 1.29 is 18.6 Å². The molecule has 4 aliphatic carbocycles. The molecular weight excluding hydrogens is 1710 g/mol. The fourth-order valence-corrected chi connectivity index (χ4v) is 26.5. The maximum atomic E-state index is 7.13.